The number of aromatic nitrogens is 1. The molecule has 2 aromatic rings. The fraction of sp³-hybridized carbons (Fsp3) is 0.471. The van der Waals surface area contributed by atoms with Gasteiger partial charge in [0.05, 0.1) is 13.2 Å². The van der Waals surface area contributed by atoms with Gasteiger partial charge < -0.3 is 9.26 Å². The lowest BCUT2D eigenvalue weighted by Gasteiger charge is -2.24. The topological polar surface area (TPSA) is 38.5 Å². The van der Waals surface area contributed by atoms with Gasteiger partial charge in [-0.2, -0.15) is 0 Å². The van der Waals surface area contributed by atoms with Gasteiger partial charge in [-0.1, -0.05) is 11.2 Å². The van der Waals surface area contributed by atoms with Gasteiger partial charge in [-0.3, -0.25) is 4.90 Å². The second kappa shape index (κ2) is 5.90. The standard InChI is InChI=1S/C17H22N2O2/c1-12(16-7-8-21-18-16)19(2)11-15-9-13-5-4-6-14(13)10-17(15)20-3/h7-10,12H,4-6,11H2,1-3H3. The van der Waals surface area contributed by atoms with Crippen LogP contribution in [0.25, 0.3) is 0 Å². The highest BCUT2D eigenvalue weighted by Crippen LogP contribution is 2.31. The molecule has 0 radical (unpaired) electrons. The van der Waals surface area contributed by atoms with Gasteiger partial charge in [-0.05, 0) is 50.4 Å². The van der Waals surface area contributed by atoms with Gasteiger partial charge in [0.15, 0.2) is 0 Å². The Hall–Kier alpha value is -1.81. The second-order valence-electron chi connectivity index (χ2n) is 5.80. The fourth-order valence-electron chi connectivity index (χ4n) is 3.03. The highest BCUT2D eigenvalue weighted by atomic mass is 16.5. The number of hydrogen-bond acceptors (Lipinski definition) is 4. The summed E-state index contributed by atoms with van der Waals surface area (Å²) in [5.74, 6) is 0.995. The summed E-state index contributed by atoms with van der Waals surface area (Å²) < 4.78 is 10.5. The van der Waals surface area contributed by atoms with Crippen molar-refractivity contribution in [3.05, 3.63) is 46.8 Å². The molecule has 0 aliphatic heterocycles. The van der Waals surface area contributed by atoms with E-state index in [1.807, 2.05) is 6.07 Å². The van der Waals surface area contributed by atoms with Crippen LogP contribution in [0.1, 0.15) is 41.8 Å². The lowest BCUT2D eigenvalue weighted by Crippen LogP contribution is -2.22. The maximum Gasteiger partial charge on any atom is 0.124 e. The van der Waals surface area contributed by atoms with Crippen molar-refractivity contribution in [2.45, 2.75) is 38.8 Å². The molecular weight excluding hydrogens is 264 g/mol. The van der Waals surface area contributed by atoms with Gasteiger partial charge in [0.2, 0.25) is 0 Å². The zero-order valence-corrected chi connectivity index (χ0v) is 12.9. The van der Waals surface area contributed by atoms with Crippen molar-refractivity contribution in [2.75, 3.05) is 14.2 Å². The van der Waals surface area contributed by atoms with E-state index in [0.29, 0.717) is 0 Å². The zero-order valence-electron chi connectivity index (χ0n) is 12.9. The second-order valence-corrected chi connectivity index (χ2v) is 5.80. The van der Waals surface area contributed by atoms with E-state index in [0.717, 1.165) is 18.0 Å². The van der Waals surface area contributed by atoms with Gasteiger partial charge >= 0.3 is 0 Å². The minimum atomic E-state index is 0.210. The molecule has 1 atom stereocenters. The van der Waals surface area contributed by atoms with Crippen LogP contribution >= 0.6 is 0 Å². The van der Waals surface area contributed by atoms with E-state index in [9.17, 15) is 0 Å². The lowest BCUT2D eigenvalue weighted by atomic mass is 10.0. The number of hydrogen-bond donors (Lipinski definition) is 0. The Balaban J connectivity index is 1.81. The van der Waals surface area contributed by atoms with E-state index in [1.165, 1.54) is 36.0 Å². The molecule has 112 valence electrons. The first-order valence-electron chi connectivity index (χ1n) is 7.48. The molecule has 1 aliphatic rings. The molecule has 3 rings (SSSR count). The van der Waals surface area contributed by atoms with Gasteiger partial charge in [0.1, 0.15) is 17.7 Å². The number of rotatable bonds is 5. The van der Waals surface area contributed by atoms with Crippen molar-refractivity contribution < 1.29 is 9.26 Å². The number of ether oxygens (including phenoxy) is 1. The maximum atomic E-state index is 5.58. The molecule has 0 saturated heterocycles. The molecule has 21 heavy (non-hydrogen) atoms. The average molecular weight is 286 g/mol. The van der Waals surface area contributed by atoms with E-state index < -0.39 is 0 Å². The summed E-state index contributed by atoms with van der Waals surface area (Å²) in [6.07, 6.45) is 5.24. The largest absolute Gasteiger partial charge is 0.496 e. The molecule has 4 heteroatoms. The third-order valence-electron chi connectivity index (χ3n) is 4.46. The quantitative estimate of drug-likeness (QED) is 0.844. The Morgan fingerprint density at radius 2 is 2.10 bits per heavy atom. The fourth-order valence-corrected chi connectivity index (χ4v) is 3.03. The molecule has 1 aromatic carbocycles. The summed E-state index contributed by atoms with van der Waals surface area (Å²) in [5.41, 5.74) is 5.13. The Kier molecular flexibility index (Phi) is 3.97. The SMILES string of the molecule is COc1cc2c(cc1CN(C)C(C)c1ccon1)CCC2. The molecule has 1 heterocycles. The summed E-state index contributed by atoms with van der Waals surface area (Å²) in [7, 11) is 3.85. The van der Waals surface area contributed by atoms with Crippen LogP contribution in [0.4, 0.5) is 0 Å². The van der Waals surface area contributed by atoms with Crippen molar-refractivity contribution in [2.24, 2.45) is 0 Å². The first kappa shape index (κ1) is 14.1. The molecule has 0 bridgehead atoms. The van der Waals surface area contributed by atoms with E-state index in [2.05, 4.69) is 36.2 Å². The predicted molar refractivity (Wildman–Crippen MR) is 81.4 cm³/mol. The van der Waals surface area contributed by atoms with Gasteiger partial charge in [-0.15, -0.1) is 0 Å². The van der Waals surface area contributed by atoms with Crippen LogP contribution in [0.3, 0.4) is 0 Å². The van der Waals surface area contributed by atoms with E-state index >= 15 is 0 Å². The summed E-state index contributed by atoms with van der Waals surface area (Å²) in [4.78, 5) is 2.26. The average Bonchev–Trinajstić information content (AvgIpc) is 3.16. The number of methoxy groups -OCH3 is 1. The third-order valence-corrected chi connectivity index (χ3v) is 4.46. The molecule has 1 aliphatic carbocycles. The van der Waals surface area contributed by atoms with Crippen LogP contribution in [0, 0.1) is 0 Å². The minimum absolute atomic E-state index is 0.210. The lowest BCUT2D eigenvalue weighted by molar-refractivity contribution is 0.237. The van der Waals surface area contributed by atoms with Crippen LogP contribution in [-0.4, -0.2) is 24.2 Å². The molecule has 0 N–H and O–H groups in total. The number of nitrogens with zero attached hydrogens (tertiary/aromatic N) is 2. The molecule has 0 fully saturated rings. The van der Waals surface area contributed by atoms with Crippen LogP contribution in [0.2, 0.25) is 0 Å². The molecule has 1 unspecified atom stereocenters. The van der Waals surface area contributed by atoms with Crippen LogP contribution in [-0.2, 0) is 19.4 Å². The number of benzene rings is 1. The highest BCUT2D eigenvalue weighted by Gasteiger charge is 2.19. The van der Waals surface area contributed by atoms with Gasteiger partial charge in [-0.25, -0.2) is 0 Å². The van der Waals surface area contributed by atoms with Crippen LogP contribution < -0.4 is 4.74 Å². The molecule has 0 saturated carbocycles. The first-order chi connectivity index (χ1) is 10.2. The highest BCUT2D eigenvalue weighted by molar-refractivity contribution is 5.44. The van der Waals surface area contributed by atoms with Crippen molar-refractivity contribution in [1.29, 1.82) is 0 Å². The van der Waals surface area contributed by atoms with Gasteiger partial charge in [0.25, 0.3) is 0 Å². The summed E-state index contributed by atoms with van der Waals surface area (Å²) in [6.45, 7) is 2.97. The number of fused-ring (bicyclic) bond motifs is 1. The molecular formula is C17H22N2O2. The van der Waals surface area contributed by atoms with Crippen molar-refractivity contribution >= 4 is 0 Å². The van der Waals surface area contributed by atoms with E-state index in [1.54, 1.807) is 13.4 Å². The van der Waals surface area contributed by atoms with E-state index in [4.69, 9.17) is 9.26 Å². The molecule has 0 amide bonds. The molecule has 0 spiro atoms. The zero-order chi connectivity index (χ0) is 14.8. The van der Waals surface area contributed by atoms with Gasteiger partial charge in [0, 0.05) is 18.2 Å². The number of aryl methyl sites for hydroxylation is 2. The van der Waals surface area contributed by atoms with Crippen LogP contribution in [0.15, 0.2) is 29.0 Å². The summed E-state index contributed by atoms with van der Waals surface area (Å²) in [5, 5.41) is 4.03. The maximum absolute atomic E-state index is 5.58. The predicted octanol–water partition coefficient (Wildman–Crippen LogP) is 3.36. The minimum Gasteiger partial charge on any atom is -0.496 e. The Labute approximate surface area is 125 Å². The monoisotopic (exact) mass is 286 g/mol. The molecule has 4 nitrogen and oxygen atoms in total. The summed E-state index contributed by atoms with van der Waals surface area (Å²) >= 11 is 0. The van der Waals surface area contributed by atoms with Crippen molar-refractivity contribution in [3.63, 3.8) is 0 Å². The van der Waals surface area contributed by atoms with Crippen molar-refractivity contribution in [3.8, 4) is 5.75 Å². The Morgan fingerprint density at radius 1 is 1.33 bits per heavy atom. The normalized spacial score (nSPS) is 15.2. The van der Waals surface area contributed by atoms with E-state index in [-0.39, 0.29) is 6.04 Å². The third kappa shape index (κ3) is 2.81. The first-order valence-corrected chi connectivity index (χ1v) is 7.48. The molecule has 1 aromatic heterocycles. The van der Waals surface area contributed by atoms with Crippen molar-refractivity contribution in [1.82, 2.24) is 10.1 Å². The summed E-state index contributed by atoms with van der Waals surface area (Å²) in [6, 6.07) is 6.65. The van der Waals surface area contributed by atoms with Crippen LogP contribution in [0.5, 0.6) is 5.75 Å². The Bertz CT molecular complexity index is 608. The smallest absolute Gasteiger partial charge is 0.124 e. The Morgan fingerprint density at radius 3 is 2.76 bits per heavy atom.